The van der Waals surface area contributed by atoms with Crippen molar-refractivity contribution in [3.05, 3.63) is 46.1 Å². The van der Waals surface area contributed by atoms with E-state index >= 15 is 0 Å². The molecule has 0 saturated heterocycles. The van der Waals surface area contributed by atoms with Gasteiger partial charge in [-0.2, -0.15) is 35.1 Å². The first-order valence-corrected chi connectivity index (χ1v) is 7.41. The van der Waals surface area contributed by atoms with Crippen LogP contribution in [0.4, 0.5) is 39.5 Å². The number of hydrogen-bond acceptors (Lipinski definition) is 1. The number of furan rings is 1. The highest BCUT2D eigenvalue weighted by Gasteiger charge is 2.82. The molecule has 0 N–H and O–H groups in total. The molecule has 143 valence electrons. The van der Waals surface area contributed by atoms with E-state index in [0.717, 1.165) is 25.3 Å². The van der Waals surface area contributed by atoms with Crippen LogP contribution in [0.15, 0.2) is 33.4 Å². The van der Waals surface area contributed by atoms with Crippen LogP contribution in [0.2, 0.25) is 0 Å². The Balaban J connectivity index is 2.97. The summed E-state index contributed by atoms with van der Waals surface area (Å²) in [6, 6.07) is 4.73. The summed E-state index contributed by atoms with van der Waals surface area (Å²) in [7, 11) is 0. The first-order valence-electron chi connectivity index (χ1n) is 6.61. The number of alkyl halides is 9. The monoisotopic (exact) mass is 453 g/mol. The van der Waals surface area contributed by atoms with Gasteiger partial charge in [0, 0.05) is 21.7 Å². The van der Waals surface area contributed by atoms with Crippen LogP contribution >= 0.6 is 15.9 Å². The Hall–Kier alpha value is -1.65. The second-order valence-corrected chi connectivity index (χ2v) is 6.05. The maximum absolute atomic E-state index is 14.8. The van der Waals surface area contributed by atoms with Gasteiger partial charge in [-0.1, -0.05) is 6.07 Å². The summed E-state index contributed by atoms with van der Waals surface area (Å²) < 4.78 is 125. The summed E-state index contributed by atoms with van der Waals surface area (Å²) in [5, 5.41) is 0. The predicted molar refractivity (Wildman–Crippen MR) is 75.3 cm³/mol. The van der Waals surface area contributed by atoms with Gasteiger partial charge in [-0.05, 0) is 40.5 Å². The number of halogens is 10. The number of aryl methyl sites for hydroxylation is 1. The maximum Gasteiger partial charge on any atom is 0.457 e. The van der Waals surface area contributed by atoms with Crippen molar-refractivity contribution in [2.45, 2.75) is 30.9 Å². The van der Waals surface area contributed by atoms with Crippen molar-refractivity contribution in [2.75, 3.05) is 0 Å². The Bertz CT molecular complexity index is 793. The van der Waals surface area contributed by atoms with E-state index in [1.807, 2.05) is 0 Å². The Kier molecular flexibility index (Phi) is 4.93. The second-order valence-electron chi connectivity index (χ2n) is 5.26. The van der Waals surface area contributed by atoms with E-state index in [0.29, 0.717) is 0 Å². The number of rotatable bonds is 3. The fourth-order valence-corrected chi connectivity index (χ4v) is 3.03. The van der Waals surface area contributed by atoms with Gasteiger partial charge in [0.2, 0.25) is 0 Å². The lowest BCUT2D eigenvalue weighted by Crippen LogP contribution is -2.60. The van der Waals surface area contributed by atoms with E-state index in [1.54, 1.807) is 0 Å². The van der Waals surface area contributed by atoms with Crippen molar-refractivity contribution in [2.24, 2.45) is 0 Å². The van der Waals surface area contributed by atoms with Crippen LogP contribution in [0.1, 0.15) is 11.1 Å². The highest BCUT2D eigenvalue weighted by atomic mass is 79.9. The van der Waals surface area contributed by atoms with Crippen LogP contribution in [0.25, 0.3) is 11.3 Å². The van der Waals surface area contributed by atoms with E-state index in [4.69, 9.17) is 4.42 Å². The Morgan fingerprint density at radius 2 is 1.54 bits per heavy atom. The summed E-state index contributed by atoms with van der Waals surface area (Å²) in [5.74, 6) is -7.32. The van der Waals surface area contributed by atoms with Gasteiger partial charge >= 0.3 is 23.9 Å². The standard InChI is InChI=1S/C15H7BrF9O/c1-7-5-8(11(9(16)6-7)10-3-2-4-26-10)12(17,14(20,21)22)13(18,19)15(23,24)25/h2-5H,1H3. The molecule has 2 rings (SSSR count). The van der Waals surface area contributed by atoms with Crippen LogP contribution < -0.4 is 0 Å². The topological polar surface area (TPSA) is 13.1 Å². The summed E-state index contributed by atoms with van der Waals surface area (Å²) in [5.41, 5.74) is -9.26. The molecule has 0 saturated carbocycles. The van der Waals surface area contributed by atoms with Gasteiger partial charge in [0.05, 0.1) is 6.26 Å². The first kappa shape index (κ1) is 20.7. The van der Waals surface area contributed by atoms with E-state index in [9.17, 15) is 39.5 Å². The van der Waals surface area contributed by atoms with Gasteiger partial charge < -0.3 is 4.42 Å². The summed E-state index contributed by atoms with van der Waals surface area (Å²) in [4.78, 5) is 0. The summed E-state index contributed by atoms with van der Waals surface area (Å²) in [6.45, 7) is 1.06. The molecule has 1 aromatic carbocycles. The fourth-order valence-electron chi connectivity index (χ4n) is 2.31. The van der Waals surface area contributed by atoms with E-state index in [-0.39, 0.29) is 11.6 Å². The molecule has 11 heteroatoms. The van der Waals surface area contributed by atoms with Crippen LogP contribution in [0.5, 0.6) is 0 Å². The van der Waals surface area contributed by atoms with Gasteiger partial charge in [-0.25, -0.2) is 4.39 Å². The predicted octanol–water partition coefficient (Wildman–Crippen LogP) is 6.74. The highest BCUT2D eigenvalue weighted by molar-refractivity contribution is 9.10. The Morgan fingerprint density at radius 1 is 0.962 bits per heavy atom. The molecule has 0 fully saturated rings. The minimum absolute atomic E-state index is 0.232. The largest absolute Gasteiger partial charge is 0.464 e. The van der Waals surface area contributed by atoms with Crippen molar-refractivity contribution in [3.8, 4) is 11.3 Å². The van der Waals surface area contributed by atoms with Crippen LogP contribution in [0, 0.1) is 13.0 Å². The van der Waals surface area contributed by atoms with Gasteiger partial charge in [-0.3, -0.25) is 0 Å². The average Bonchev–Trinajstić information content (AvgIpc) is 2.96. The third kappa shape index (κ3) is 2.99. The van der Waals surface area contributed by atoms with Gasteiger partial charge in [-0.15, -0.1) is 0 Å². The molecular formula is C15H7BrF9O. The van der Waals surface area contributed by atoms with Crippen molar-refractivity contribution >= 4 is 15.9 Å². The molecule has 0 aliphatic carbocycles. The molecule has 0 aliphatic rings. The van der Waals surface area contributed by atoms with Gasteiger partial charge in [0.15, 0.2) is 0 Å². The molecule has 26 heavy (non-hydrogen) atoms. The molecule has 0 aliphatic heterocycles. The minimum Gasteiger partial charge on any atom is -0.464 e. The molecule has 0 amide bonds. The van der Waals surface area contributed by atoms with Gasteiger partial charge in [0.25, 0.3) is 0 Å². The first-order chi connectivity index (χ1) is 11.6. The van der Waals surface area contributed by atoms with Crippen LogP contribution in [-0.4, -0.2) is 18.3 Å². The Morgan fingerprint density at radius 3 is 1.96 bits per heavy atom. The molecule has 1 nitrogen and oxygen atoms in total. The minimum atomic E-state index is -6.81. The average molecular weight is 454 g/mol. The van der Waals surface area contributed by atoms with Crippen molar-refractivity contribution in [1.82, 2.24) is 0 Å². The van der Waals surface area contributed by atoms with Crippen molar-refractivity contribution < 1.29 is 43.9 Å². The molecule has 1 atom stereocenters. The fraction of sp³-hybridized carbons (Fsp3) is 0.333. The van der Waals surface area contributed by atoms with E-state index in [1.165, 1.54) is 0 Å². The smallest absolute Gasteiger partial charge is 0.457 e. The number of hydrogen-bond donors (Lipinski definition) is 0. The molecule has 1 radical (unpaired) electrons. The van der Waals surface area contributed by atoms with Crippen LogP contribution in [-0.2, 0) is 5.67 Å². The van der Waals surface area contributed by atoms with Gasteiger partial charge in [0.1, 0.15) is 5.76 Å². The van der Waals surface area contributed by atoms with E-state index in [2.05, 4.69) is 22.0 Å². The molecule has 1 unspecified atom stereocenters. The lowest BCUT2D eigenvalue weighted by molar-refractivity contribution is -0.389. The molecule has 0 bridgehead atoms. The third-order valence-electron chi connectivity index (χ3n) is 3.47. The van der Waals surface area contributed by atoms with Crippen molar-refractivity contribution in [3.63, 3.8) is 0 Å². The zero-order valence-electron chi connectivity index (χ0n) is 12.5. The zero-order valence-corrected chi connectivity index (χ0v) is 14.1. The Labute approximate surface area is 148 Å². The third-order valence-corrected chi connectivity index (χ3v) is 4.07. The summed E-state index contributed by atoms with van der Waals surface area (Å²) >= 11 is 2.72. The summed E-state index contributed by atoms with van der Waals surface area (Å²) in [6.07, 6.45) is -12.5. The molecule has 0 spiro atoms. The lowest BCUT2D eigenvalue weighted by atomic mass is 9.83. The lowest BCUT2D eigenvalue weighted by Gasteiger charge is -2.37. The van der Waals surface area contributed by atoms with E-state index < -0.39 is 45.3 Å². The molecule has 1 heterocycles. The molecule has 1 aromatic heterocycles. The normalized spacial score (nSPS) is 15.8. The highest BCUT2D eigenvalue weighted by Crippen LogP contribution is 2.60. The van der Waals surface area contributed by atoms with Crippen LogP contribution in [0.3, 0.4) is 0 Å². The number of benzene rings is 1. The maximum atomic E-state index is 14.8. The molecular weight excluding hydrogens is 447 g/mol. The SMILES string of the molecule is Cc1[c]c(Br)c(-c2ccco2)c(C(F)(C(F)(F)F)C(F)(F)C(F)(F)F)c1. The molecule has 2 aromatic rings. The second kappa shape index (κ2) is 6.21. The quantitative estimate of drug-likeness (QED) is 0.469. The zero-order chi connectivity index (χ0) is 20.1. The van der Waals surface area contributed by atoms with Crippen molar-refractivity contribution in [1.29, 1.82) is 0 Å².